The number of carbonyl (C=O) groups excluding carboxylic acids is 1. The molecule has 2 nitrogen and oxygen atoms in total. The van der Waals surface area contributed by atoms with E-state index in [0.717, 1.165) is 45.9 Å². The Labute approximate surface area is 141 Å². The van der Waals surface area contributed by atoms with Crippen LogP contribution >= 0.6 is 0 Å². The average Bonchev–Trinajstić information content (AvgIpc) is 2.54. The van der Waals surface area contributed by atoms with Crippen LogP contribution in [0.5, 0.6) is 5.75 Å². The van der Waals surface area contributed by atoms with Crippen LogP contribution in [0.2, 0.25) is 0 Å². The highest BCUT2D eigenvalue weighted by Gasteiger charge is 2.23. The number of benzene rings is 3. The van der Waals surface area contributed by atoms with Crippen LogP contribution in [0.3, 0.4) is 0 Å². The predicted octanol–water partition coefficient (Wildman–Crippen LogP) is 5.35. The molecule has 0 radical (unpaired) electrons. The lowest BCUT2D eigenvalue weighted by Gasteiger charge is -2.22. The molecule has 3 aromatic rings. The molecule has 0 unspecified atom stereocenters. The molecule has 4 rings (SSSR count). The van der Waals surface area contributed by atoms with Gasteiger partial charge in [-0.2, -0.15) is 0 Å². The van der Waals surface area contributed by atoms with Crippen LogP contribution < -0.4 is 0 Å². The summed E-state index contributed by atoms with van der Waals surface area (Å²) in [5.74, 6) is 0.543. The van der Waals surface area contributed by atoms with Crippen LogP contribution in [0.1, 0.15) is 39.9 Å². The highest BCUT2D eigenvalue weighted by atomic mass is 16.3. The zero-order chi connectivity index (χ0) is 16.8. The van der Waals surface area contributed by atoms with Gasteiger partial charge in [-0.15, -0.1) is 0 Å². The summed E-state index contributed by atoms with van der Waals surface area (Å²) >= 11 is 0. The minimum atomic E-state index is 0.271. The summed E-state index contributed by atoms with van der Waals surface area (Å²) in [5, 5.41) is 11.9. The summed E-state index contributed by atoms with van der Waals surface area (Å²) in [6.07, 6.45) is 2.60. The number of aryl methyl sites for hydroxylation is 2. The fourth-order valence-electron chi connectivity index (χ4n) is 4.12. The minimum Gasteiger partial charge on any atom is -0.508 e. The lowest BCUT2D eigenvalue weighted by molar-refractivity contribution is 0.0972. The van der Waals surface area contributed by atoms with E-state index in [1.165, 1.54) is 11.1 Å². The van der Waals surface area contributed by atoms with Gasteiger partial charge >= 0.3 is 0 Å². The second-order valence-corrected chi connectivity index (χ2v) is 6.72. The van der Waals surface area contributed by atoms with Crippen molar-refractivity contribution in [1.29, 1.82) is 0 Å². The molecule has 0 atom stereocenters. The molecule has 3 aromatic carbocycles. The fourth-order valence-corrected chi connectivity index (χ4v) is 4.12. The van der Waals surface area contributed by atoms with E-state index in [2.05, 4.69) is 26.0 Å². The van der Waals surface area contributed by atoms with Gasteiger partial charge in [-0.1, -0.05) is 30.3 Å². The zero-order valence-corrected chi connectivity index (χ0v) is 14.0. The Kier molecular flexibility index (Phi) is 3.42. The van der Waals surface area contributed by atoms with Crippen molar-refractivity contribution in [1.82, 2.24) is 0 Å². The average molecular weight is 316 g/mol. The first-order valence-corrected chi connectivity index (χ1v) is 8.44. The first-order chi connectivity index (χ1) is 11.6. The van der Waals surface area contributed by atoms with Crippen LogP contribution in [0.4, 0.5) is 0 Å². The predicted molar refractivity (Wildman–Crippen MR) is 97.8 cm³/mol. The molecule has 0 bridgehead atoms. The highest BCUT2D eigenvalue weighted by Crippen LogP contribution is 2.38. The summed E-state index contributed by atoms with van der Waals surface area (Å²) in [6.45, 7) is 4.20. The Morgan fingerprint density at radius 3 is 2.62 bits per heavy atom. The van der Waals surface area contributed by atoms with Gasteiger partial charge in [0.05, 0.1) is 0 Å². The van der Waals surface area contributed by atoms with Gasteiger partial charge in [-0.05, 0) is 77.4 Å². The Morgan fingerprint density at radius 2 is 1.79 bits per heavy atom. The molecular weight excluding hydrogens is 296 g/mol. The molecule has 2 heteroatoms. The number of ketones is 1. The molecule has 0 aromatic heterocycles. The molecule has 1 aliphatic rings. The van der Waals surface area contributed by atoms with E-state index in [4.69, 9.17) is 0 Å². The molecule has 0 amide bonds. The van der Waals surface area contributed by atoms with Crippen LogP contribution in [0.15, 0.2) is 42.5 Å². The standard InChI is InChI=1S/C22H20O2/c1-13-11-16-6-4-8-20(24)22(16)14(2)21(13)19-7-3-5-15-12-17(23)9-10-18(15)19/h3,5,7,9-12,23H,4,6,8H2,1-2H3. The molecule has 0 fully saturated rings. The molecular formula is C22H20O2. The van der Waals surface area contributed by atoms with Gasteiger partial charge in [0.15, 0.2) is 5.78 Å². The van der Waals surface area contributed by atoms with E-state index in [0.29, 0.717) is 6.42 Å². The van der Waals surface area contributed by atoms with E-state index < -0.39 is 0 Å². The van der Waals surface area contributed by atoms with Crippen molar-refractivity contribution in [2.75, 3.05) is 0 Å². The van der Waals surface area contributed by atoms with Gasteiger partial charge in [0.2, 0.25) is 0 Å². The third-order valence-electron chi connectivity index (χ3n) is 5.12. The van der Waals surface area contributed by atoms with E-state index in [1.54, 1.807) is 12.1 Å². The number of hydrogen-bond donors (Lipinski definition) is 1. The second kappa shape index (κ2) is 5.48. The third-order valence-corrected chi connectivity index (χ3v) is 5.12. The van der Waals surface area contributed by atoms with E-state index in [1.807, 2.05) is 18.2 Å². The first-order valence-electron chi connectivity index (χ1n) is 8.44. The third kappa shape index (κ3) is 2.22. The Balaban J connectivity index is 2.05. The van der Waals surface area contributed by atoms with Gasteiger partial charge in [0, 0.05) is 12.0 Å². The smallest absolute Gasteiger partial charge is 0.163 e. The molecule has 1 aliphatic carbocycles. The Bertz CT molecular complexity index is 983. The van der Waals surface area contributed by atoms with Crippen molar-refractivity contribution in [2.45, 2.75) is 33.1 Å². The van der Waals surface area contributed by atoms with E-state index in [9.17, 15) is 9.90 Å². The SMILES string of the molecule is Cc1cc2c(c(C)c1-c1cccc3cc(O)ccc13)C(=O)CCC2. The molecule has 0 heterocycles. The molecule has 1 N–H and O–H groups in total. The summed E-state index contributed by atoms with van der Waals surface area (Å²) in [4.78, 5) is 12.5. The molecule has 0 aliphatic heterocycles. The largest absolute Gasteiger partial charge is 0.508 e. The number of phenolic OH excluding ortho intramolecular Hbond substituents is 1. The van der Waals surface area contributed by atoms with Crippen molar-refractivity contribution in [3.63, 3.8) is 0 Å². The van der Waals surface area contributed by atoms with Crippen molar-refractivity contribution in [2.24, 2.45) is 0 Å². The van der Waals surface area contributed by atoms with Crippen LogP contribution in [-0.4, -0.2) is 10.9 Å². The maximum atomic E-state index is 12.5. The van der Waals surface area contributed by atoms with Gasteiger partial charge in [0.1, 0.15) is 5.75 Å². The second-order valence-electron chi connectivity index (χ2n) is 6.72. The quantitative estimate of drug-likeness (QED) is 0.657. The maximum Gasteiger partial charge on any atom is 0.163 e. The van der Waals surface area contributed by atoms with Crippen LogP contribution in [0.25, 0.3) is 21.9 Å². The van der Waals surface area contributed by atoms with Gasteiger partial charge in [-0.25, -0.2) is 0 Å². The maximum absolute atomic E-state index is 12.5. The van der Waals surface area contributed by atoms with E-state index in [-0.39, 0.29) is 11.5 Å². The lowest BCUT2D eigenvalue weighted by atomic mass is 9.81. The monoisotopic (exact) mass is 316 g/mol. The van der Waals surface area contributed by atoms with Crippen molar-refractivity contribution in [3.05, 3.63) is 64.7 Å². The minimum absolute atomic E-state index is 0.271. The van der Waals surface area contributed by atoms with E-state index >= 15 is 0 Å². The van der Waals surface area contributed by atoms with Gasteiger partial charge < -0.3 is 5.11 Å². The Hall–Kier alpha value is -2.61. The van der Waals surface area contributed by atoms with Crippen LogP contribution in [-0.2, 0) is 6.42 Å². The Morgan fingerprint density at radius 1 is 0.958 bits per heavy atom. The van der Waals surface area contributed by atoms with Crippen molar-refractivity contribution >= 4 is 16.6 Å². The number of fused-ring (bicyclic) bond motifs is 2. The molecule has 0 saturated heterocycles. The van der Waals surface area contributed by atoms with Gasteiger partial charge in [-0.3, -0.25) is 4.79 Å². The summed E-state index contributed by atoms with van der Waals surface area (Å²) in [5.41, 5.74) is 6.71. The van der Waals surface area contributed by atoms with Crippen molar-refractivity contribution < 1.29 is 9.90 Å². The highest BCUT2D eigenvalue weighted by molar-refractivity contribution is 6.04. The molecule has 0 spiro atoms. The number of hydrogen-bond acceptors (Lipinski definition) is 2. The van der Waals surface area contributed by atoms with Crippen molar-refractivity contribution in [3.8, 4) is 16.9 Å². The number of carbonyl (C=O) groups is 1. The first kappa shape index (κ1) is 14.9. The fraction of sp³-hybridized carbons (Fsp3) is 0.227. The summed E-state index contributed by atoms with van der Waals surface area (Å²) in [7, 11) is 0. The van der Waals surface area contributed by atoms with Gasteiger partial charge in [0.25, 0.3) is 0 Å². The lowest BCUT2D eigenvalue weighted by Crippen LogP contribution is -2.14. The number of aromatic hydroxyl groups is 1. The topological polar surface area (TPSA) is 37.3 Å². The molecule has 0 saturated carbocycles. The summed E-state index contributed by atoms with van der Waals surface area (Å²) < 4.78 is 0. The number of phenols is 1. The van der Waals surface area contributed by atoms with Crippen LogP contribution in [0, 0.1) is 13.8 Å². The number of Topliss-reactive ketones (excluding diaryl/α,β-unsaturated/α-hetero) is 1. The number of rotatable bonds is 1. The molecule has 24 heavy (non-hydrogen) atoms. The molecule has 120 valence electrons. The normalized spacial score (nSPS) is 14.0. The summed E-state index contributed by atoms with van der Waals surface area (Å²) in [6, 6.07) is 13.8. The zero-order valence-electron chi connectivity index (χ0n) is 14.0.